The van der Waals surface area contributed by atoms with Crippen LogP contribution in [-0.2, 0) is 29.0 Å². The Labute approximate surface area is 187 Å². The first-order chi connectivity index (χ1) is 15.5. The second kappa shape index (κ2) is 11.6. The lowest BCUT2D eigenvalue weighted by Gasteiger charge is -2.14. The van der Waals surface area contributed by atoms with Crippen LogP contribution in [0.25, 0.3) is 0 Å². The van der Waals surface area contributed by atoms with E-state index in [1.165, 1.54) is 7.11 Å². The molecule has 0 fully saturated rings. The highest BCUT2D eigenvalue weighted by Crippen LogP contribution is 2.27. The maximum Gasteiger partial charge on any atom is 0.337 e. The Kier molecular flexibility index (Phi) is 8.26. The van der Waals surface area contributed by atoms with Gasteiger partial charge in [-0.2, -0.15) is 0 Å². The third-order valence-electron chi connectivity index (χ3n) is 4.94. The lowest BCUT2D eigenvalue weighted by molar-refractivity contribution is -0.119. The van der Waals surface area contributed by atoms with Gasteiger partial charge in [0.1, 0.15) is 18.1 Å². The van der Waals surface area contributed by atoms with Gasteiger partial charge in [0.15, 0.2) is 6.61 Å². The number of aryl methyl sites for hydroxylation is 2. The second-order valence-corrected chi connectivity index (χ2v) is 7.34. The summed E-state index contributed by atoms with van der Waals surface area (Å²) in [7, 11) is 1.37. The molecule has 2 N–H and O–H groups in total. The van der Waals surface area contributed by atoms with Gasteiger partial charge in [-0.25, -0.2) is 4.79 Å². The predicted molar refractivity (Wildman–Crippen MR) is 122 cm³/mol. The molecule has 0 aliphatic carbocycles. The average Bonchev–Trinajstić information content (AvgIpc) is 2.82. The molecule has 0 unspecified atom stereocenters. The Bertz CT molecular complexity index is 1030. The van der Waals surface area contributed by atoms with Crippen molar-refractivity contribution in [2.45, 2.75) is 25.9 Å². The molecule has 0 aliphatic rings. The molecule has 32 heavy (non-hydrogen) atoms. The van der Waals surface area contributed by atoms with Gasteiger partial charge in [-0.1, -0.05) is 42.5 Å². The number of carbonyl (C=O) groups excluding carboxylic acids is 2. The number of carbonyl (C=O) groups is 2. The topological polar surface area (TPSA) is 87.9 Å². The van der Waals surface area contributed by atoms with Crippen LogP contribution in [0.5, 0.6) is 11.5 Å². The van der Waals surface area contributed by atoms with E-state index in [2.05, 4.69) is 0 Å². The number of amides is 1. The van der Waals surface area contributed by atoms with Crippen LogP contribution >= 0.6 is 0 Å². The van der Waals surface area contributed by atoms with Crippen LogP contribution in [0.4, 0.5) is 0 Å². The van der Waals surface area contributed by atoms with Crippen molar-refractivity contribution in [1.82, 2.24) is 0 Å². The largest absolute Gasteiger partial charge is 0.489 e. The van der Waals surface area contributed by atoms with Crippen molar-refractivity contribution in [1.29, 1.82) is 0 Å². The predicted octanol–water partition coefficient (Wildman–Crippen LogP) is 4.09. The third kappa shape index (κ3) is 6.87. The van der Waals surface area contributed by atoms with Gasteiger partial charge in [-0.3, -0.25) is 4.79 Å². The van der Waals surface area contributed by atoms with Crippen molar-refractivity contribution in [2.75, 3.05) is 13.7 Å². The first kappa shape index (κ1) is 22.9. The molecule has 0 spiro atoms. The number of methoxy groups -OCH3 is 1. The molecule has 0 aromatic heterocycles. The zero-order valence-corrected chi connectivity index (χ0v) is 18.1. The molecular formula is C26H27NO5. The number of esters is 1. The lowest BCUT2D eigenvalue weighted by atomic mass is 10.0. The van der Waals surface area contributed by atoms with Crippen molar-refractivity contribution in [2.24, 2.45) is 5.73 Å². The molecule has 0 saturated carbocycles. The Morgan fingerprint density at radius 2 is 1.59 bits per heavy atom. The number of hydrogen-bond acceptors (Lipinski definition) is 5. The van der Waals surface area contributed by atoms with E-state index >= 15 is 0 Å². The summed E-state index contributed by atoms with van der Waals surface area (Å²) in [5.41, 5.74) is 8.93. The summed E-state index contributed by atoms with van der Waals surface area (Å²) in [6.07, 6.45) is 2.47. The molecule has 166 valence electrons. The van der Waals surface area contributed by atoms with Crippen LogP contribution in [0, 0.1) is 0 Å². The highest BCUT2D eigenvalue weighted by molar-refractivity contribution is 5.89. The summed E-state index contributed by atoms with van der Waals surface area (Å²) in [4.78, 5) is 22.6. The van der Waals surface area contributed by atoms with Crippen LogP contribution in [0.3, 0.4) is 0 Å². The second-order valence-electron chi connectivity index (χ2n) is 7.34. The molecule has 3 aromatic carbocycles. The summed E-state index contributed by atoms with van der Waals surface area (Å²) in [6, 6.07) is 22.9. The van der Waals surface area contributed by atoms with Crippen LogP contribution in [0.1, 0.15) is 33.5 Å². The summed E-state index contributed by atoms with van der Waals surface area (Å²) in [5, 5.41) is 0. The van der Waals surface area contributed by atoms with Gasteiger partial charge in [0, 0.05) is 0 Å². The van der Waals surface area contributed by atoms with Crippen molar-refractivity contribution in [3.05, 3.63) is 95.1 Å². The van der Waals surface area contributed by atoms with Crippen molar-refractivity contribution < 1.29 is 23.8 Å². The zero-order valence-electron chi connectivity index (χ0n) is 18.1. The van der Waals surface area contributed by atoms with E-state index in [1.807, 2.05) is 54.6 Å². The minimum atomic E-state index is -0.522. The maximum absolute atomic E-state index is 11.6. The molecule has 6 nitrogen and oxygen atoms in total. The zero-order chi connectivity index (χ0) is 22.8. The molecule has 6 heteroatoms. The molecule has 3 aromatic rings. The summed E-state index contributed by atoms with van der Waals surface area (Å²) < 4.78 is 16.3. The van der Waals surface area contributed by atoms with Crippen LogP contribution in [0.2, 0.25) is 0 Å². The van der Waals surface area contributed by atoms with E-state index in [-0.39, 0.29) is 12.6 Å². The molecule has 0 heterocycles. The SMILES string of the molecule is COC(=O)c1ccc(CCCc2cc(OCC(N)=O)ccc2OCc2ccccc2)cc1. The van der Waals surface area contributed by atoms with Gasteiger partial charge in [0.05, 0.1) is 12.7 Å². The Morgan fingerprint density at radius 3 is 2.28 bits per heavy atom. The Balaban J connectivity index is 1.66. The number of benzene rings is 3. The highest BCUT2D eigenvalue weighted by Gasteiger charge is 2.09. The van der Waals surface area contributed by atoms with E-state index in [0.29, 0.717) is 17.9 Å². The monoisotopic (exact) mass is 433 g/mol. The van der Waals surface area contributed by atoms with Crippen molar-refractivity contribution in [3.8, 4) is 11.5 Å². The summed E-state index contributed by atoms with van der Waals surface area (Å²) in [5.74, 6) is 0.491. The molecule has 0 atom stereocenters. The quantitative estimate of drug-likeness (QED) is 0.460. The van der Waals surface area contributed by atoms with Gasteiger partial charge in [0.2, 0.25) is 0 Å². The third-order valence-corrected chi connectivity index (χ3v) is 4.94. The van der Waals surface area contributed by atoms with Gasteiger partial charge in [-0.05, 0) is 66.3 Å². The fraction of sp³-hybridized carbons (Fsp3) is 0.231. The molecule has 1 amide bonds. The maximum atomic E-state index is 11.6. The fourth-order valence-corrected chi connectivity index (χ4v) is 3.28. The smallest absolute Gasteiger partial charge is 0.337 e. The molecule has 0 radical (unpaired) electrons. The fourth-order valence-electron chi connectivity index (χ4n) is 3.28. The minimum Gasteiger partial charge on any atom is -0.489 e. The molecule has 0 saturated heterocycles. The van der Waals surface area contributed by atoms with E-state index in [1.54, 1.807) is 18.2 Å². The van der Waals surface area contributed by atoms with E-state index < -0.39 is 5.91 Å². The van der Waals surface area contributed by atoms with Gasteiger partial charge < -0.3 is 19.9 Å². The summed E-state index contributed by atoms with van der Waals surface area (Å²) >= 11 is 0. The number of primary amides is 1. The van der Waals surface area contributed by atoms with Crippen molar-refractivity contribution in [3.63, 3.8) is 0 Å². The molecule has 0 bridgehead atoms. The minimum absolute atomic E-state index is 0.170. The van der Waals surface area contributed by atoms with Crippen LogP contribution in [0.15, 0.2) is 72.8 Å². The normalized spacial score (nSPS) is 10.4. The number of hydrogen-bond donors (Lipinski definition) is 1. The van der Waals surface area contributed by atoms with Crippen molar-refractivity contribution >= 4 is 11.9 Å². The number of rotatable bonds is 11. The summed E-state index contributed by atoms with van der Waals surface area (Å²) in [6.45, 7) is 0.292. The Morgan fingerprint density at radius 1 is 0.844 bits per heavy atom. The van der Waals surface area contributed by atoms with Crippen LogP contribution < -0.4 is 15.2 Å². The Hall–Kier alpha value is -3.80. The highest BCUT2D eigenvalue weighted by atomic mass is 16.5. The van der Waals surface area contributed by atoms with E-state index in [4.69, 9.17) is 19.9 Å². The molecular weight excluding hydrogens is 406 g/mol. The first-order valence-corrected chi connectivity index (χ1v) is 10.4. The van der Waals surface area contributed by atoms with Gasteiger partial charge in [0.25, 0.3) is 5.91 Å². The number of ether oxygens (including phenoxy) is 3. The average molecular weight is 434 g/mol. The first-order valence-electron chi connectivity index (χ1n) is 10.4. The van der Waals surface area contributed by atoms with Gasteiger partial charge in [-0.15, -0.1) is 0 Å². The van der Waals surface area contributed by atoms with E-state index in [9.17, 15) is 9.59 Å². The van der Waals surface area contributed by atoms with Gasteiger partial charge >= 0.3 is 5.97 Å². The standard InChI is InChI=1S/C26H27NO5/c1-30-26(29)21-12-10-19(11-13-21)8-5-9-22-16-23(31-18-25(27)28)14-15-24(22)32-17-20-6-3-2-4-7-20/h2-4,6-7,10-16H,5,8-9,17-18H2,1H3,(H2,27,28). The van der Waals surface area contributed by atoms with E-state index in [0.717, 1.165) is 41.7 Å². The molecule has 0 aliphatic heterocycles. The van der Waals surface area contributed by atoms with Crippen LogP contribution in [-0.4, -0.2) is 25.6 Å². The number of nitrogens with two attached hydrogens (primary N) is 1. The lowest BCUT2D eigenvalue weighted by Crippen LogP contribution is -2.20. The molecule has 3 rings (SSSR count).